The zero-order valence-electron chi connectivity index (χ0n) is 10.8. The van der Waals surface area contributed by atoms with Crippen molar-refractivity contribution in [1.82, 2.24) is 0 Å². The summed E-state index contributed by atoms with van der Waals surface area (Å²) in [5.74, 6) is -0.297. The highest BCUT2D eigenvalue weighted by Crippen LogP contribution is 2.24. The first-order chi connectivity index (χ1) is 8.99. The number of aromatic carboxylic acids is 1. The Bertz CT molecular complexity index is 479. The van der Waals surface area contributed by atoms with Gasteiger partial charge < -0.3 is 10.4 Å². The number of thioether (sulfide) groups is 1. The monoisotopic (exact) mass is 284 g/mol. The van der Waals surface area contributed by atoms with Gasteiger partial charge >= 0.3 is 5.97 Å². The summed E-state index contributed by atoms with van der Waals surface area (Å²) in [7, 11) is 0. The molecule has 0 aliphatic rings. The van der Waals surface area contributed by atoms with E-state index in [0.717, 1.165) is 12.2 Å². The molecule has 0 radical (unpaired) electrons. The fourth-order valence-corrected chi connectivity index (χ4v) is 2.36. The SMILES string of the molecule is CCC(CSC)Nc1cc([N+](=O)[O-])ccc1C(=O)O. The Hall–Kier alpha value is -1.76. The third-order valence-corrected chi connectivity index (χ3v) is 3.40. The fraction of sp³-hybridized carbons (Fsp3) is 0.417. The minimum atomic E-state index is -1.10. The van der Waals surface area contributed by atoms with Gasteiger partial charge in [0.25, 0.3) is 5.69 Å². The number of nitro groups is 1. The maximum Gasteiger partial charge on any atom is 0.337 e. The van der Waals surface area contributed by atoms with Crippen LogP contribution in [0.1, 0.15) is 23.7 Å². The largest absolute Gasteiger partial charge is 0.478 e. The lowest BCUT2D eigenvalue weighted by Crippen LogP contribution is -2.22. The van der Waals surface area contributed by atoms with Crippen LogP contribution in [0.15, 0.2) is 18.2 Å². The Morgan fingerprint density at radius 1 is 1.58 bits per heavy atom. The molecular formula is C12H16N2O4S. The predicted molar refractivity (Wildman–Crippen MR) is 76.1 cm³/mol. The molecular weight excluding hydrogens is 268 g/mol. The van der Waals surface area contributed by atoms with E-state index in [1.165, 1.54) is 18.2 Å². The van der Waals surface area contributed by atoms with E-state index in [1.807, 2.05) is 13.2 Å². The van der Waals surface area contributed by atoms with Crippen LogP contribution in [0.4, 0.5) is 11.4 Å². The van der Waals surface area contributed by atoms with Crippen molar-refractivity contribution >= 4 is 29.1 Å². The first-order valence-electron chi connectivity index (χ1n) is 5.76. The number of nitro benzene ring substituents is 1. The van der Waals surface area contributed by atoms with Crippen molar-refractivity contribution in [2.24, 2.45) is 0 Å². The number of rotatable bonds is 7. The standard InChI is InChI=1S/C12H16N2O4S/c1-3-8(7-19-2)13-11-6-9(14(17)18)4-5-10(11)12(15)16/h4-6,8,13H,3,7H2,1-2H3,(H,15,16). The van der Waals surface area contributed by atoms with Crippen LogP contribution in [0.25, 0.3) is 0 Å². The van der Waals surface area contributed by atoms with Crippen molar-refractivity contribution in [2.45, 2.75) is 19.4 Å². The molecule has 0 bridgehead atoms. The van der Waals surface area contributed by atoms with Gasteiger partial charge in [-0.05, 0) is 18.7 Å². The molecule has 0 aliphatic carbocycles. The van der Waals surface area contributed by atoms with Gasteiger partial charge in [-0.25, -0.2) is 4.79 Å². The molecule has 0 spiro atoms. The molecule has 1 aromatic rings. The van der Waals surface area contributed by atoms with Gasteiger partial charge in [-0.1, -0.05) is 6.92 Å². The lowest BCUT2D eigenvalue weighted by atomic mass is 10.1. The second-order valence-electron chi connectivity index (χ2n) is 4.00. The summed E-state index contributed by atoms with van der Waals surface area (Å²) in [6.07, 6.45) is 2.76. The van der Waals surface area contributed by atoms with Crippen LogP contribution in [0.5, 0.6) is 0 Å². The van der Waals surface area contributed by atoms with Gasteiger partial charge in [0.2, 0.25) is 0 Å². The van der Waals surface area contributed by atoms with Crippen LogP contribution in [0.3, 0.4) is 0 Å². The Morgan fingerprint density at radius 2 is 2.26 bits per heavy atom. The summed E-state index contributed by atoms with van der Waals surface area (Å²) in [5, 5.41) is 22.9. The van der Waals surface area contributed by atoms with Crippen molar-refractivity contribution in [3.63, 3.8) is 0 Å². The molecule has 2 N–H and O–H groups in total. The smallest absolute Gasteiger partial charge is 0.337 e. The van der Waals surface area contributed by atoms with Gasteiger partial charge in [0, 0.05) is 23.9 Å². The minimum Gasteiger partial charge on any atom is -0.478 e. The van der Waals surface area contributed by atoms with Crippen molar-refractivity contribution < 1.29 is 14.8 Å². The molecule has 1 aromatic carbocycles. The maximum atomic E-state index is 11.1. The molecule has 0 aliphatic heterocycles. The highest BCUT2D eigenvalue weighted by atomic mass is 32.2. The molecule has 1 atom stereocenters. The van der Waals surface area contributed by atoms with Crippen LogP contribution in [0.2, 0.25) is 0 Å². The van der Waals surface area contributed by atoms with E-state index in [1.54, 1.807) is 11.8 Å². The summed E-state index contributed by atoms with van der Waals surface area (Å²) in [6.45, 7) is 1.98. The molecule has 1 unspecified atom stereocenters. The number of benzene rings is 1. The Balaban J connectivity index is 3.09. The first-order valence-corrected chi connectivity index (χ1v) is 7.16. The lowest BCUT2D eigenvalue weighted by molar-refractivity contribution is -0.384. The number of hydrogen-bond donors (Lipinski definition) is 2. The van der Waals surface area contributed by atoms with Crippen LogP contribution >= 0.6 is 11.8 Å². The number of nitrogens with zero attached hydrogens (tertiary/aromatic N) is 1. The molecule has 1 rings (SSSR count). The van der Waals surface area contributed by atoms with E-state index in [0.29, 0.717) is 5.69 Å². The number of carboxylic acids is 1. The molecule has 6 nitrogen and oxygen atoms in total. The van der Waals surface area contributed by atoms with Crippen molar-refractivity contribution in [1.29, 1.82) is 0 Å². The second-order valence-corrected chi connectivity index (χ2v) is 4.91. The Kier molecular flexibility index (Phi) is 5.62. The van der Waals surface area contributed by atoms with E-state index in [2.05, 4.69) is 5.32 Å². The summed E-state index contributed by atoms with van der Waals surface area (Å²) < 4.78 is 0. The number of nitrogens with one attached hydrogen (secondary N) is 1. The molecule has 7 heteroatoms. The molecule has 104 valence electrons. The summed E-state index contributed by atoms with van der Waals surface area (Å²) in [4.78, 5) is 21.3. The Morgan fingerprint density at radius 3 is 2.74 bits per heavy atom. The van der Waals surface area contributed by atoms with Crippen molar-refractivity contribution in [2.75, 3.05) is 17.3 Å². The highest BCUT2D eigenvalue weighted by molar-refractivity contribution is 7.98. The maximum absolute atomic E-state index is 11.1. The van der Waals surface area contributed by atoms with Gasteiger partial charge in [0.05, 0.1) is 16.2 Å². The van der Waals surface area contributed by atoms with Crippen LogP contribution in [0, 0.1) is 10.1 Å². The quantitative estimate of drug-likeness (QED) is 0.591. The fourth-order valence-electron chi connectivity index (χ4n) is 1.63. The van der Waals surface area contributed by atoms with Gasteiger partial charge in [0.1, 0.15) is 0 Å². The number of anilines is 1. The van der Waals surface area contributed by atoms with Crippen LogP contribution < -0.4 is 5.32 Å². The van der Waals surface area contributed by atoms with Gasteiger partial charge in [-0.3, -0.25) is 10.1 Å². The predicted octanol–water partition coefficient (Wildman–Crippen LogP) is 2.85. The average molecular weight is 284 g/mol. The number of carboxylic acid groups (broad SMARTS) is 1. The molecule has 0 saturated heterocycles. The third-order valence-electron chi connectivity index (χ3n) is 2.66. The zero-order chi connectivity index (χ0) is 14.4. The second kappa shape index (κ2) is 6.98. The molecule has 0 fully saturated rings. The zero-order valence-corrected chi connectivity index (χ0v) is 11.6. The summed E-state index contributed by atoms with van der Waals surface area (Å²) >= 11 is 1.63. The topological polar surface area (TPSA) is 92.5 Å². The molecule has 0 heterocycles. The third kappa shape index (κ3) is 4.13. The normalized spacial score (nSPS) is 11.9. The molecule has 0 aromatic heterocycles. The molecule has 0 amide bonds. The van der Waals surface area contributed by atoms with E-state index in [-0.39, 0.29) is 17.3 Å². The minimum absolute atomic E-state index is 0.0464. The van der Waals surface area contributed by atoms with E-state index < -0.39 is 10.9 Å². The first kappa shape index (κ1) is 15.3. The molecule has 19 heavy (non-hydrogen) atoms. The van der Waals surface area contributed by atoms with Crippen molar-refractivity contribution in [3.05, 3.63) is 33.9 Å². The van der Waals surface area contributed by atoms with E-state index >= 15 is 0 Å². The Labute approximate surface area is 115 Å². The number of non-ortho nitro benzene ring substituents is 1. The van der Waals surface area contributed by atoms with Crippen LogP contribution in [-0.2, 0) is 0 Å². The summed E-state index contributed by atoms with van der Waals surface area (Å²) in [6, 6.07) is 3.81. The van der Waals surface area contributed by atoms with E-state index in [9.17, 15) is 14.9 Å². The van der Waals surface area contributed by atoms with Gasteiger partial charge in [-0.15, -0.1) is 0 Å². The lowest BCUT2D eigenvalue weighted by Gasteiger charge is -2.18. The average Bonchev–Trinajstić information content (AvgIpc) is 2.37. The van der Waals surface area contributed by atoms with Crippen LogP contribution in [-0.4, -0.2) is 34.0 Å². The number of hydrogen-bond acceptors (Lipinski definition) is 5. The van der Waals surface area contributed by atoms with E-state index in [4.69, 9.17) is 5.11 Å². The van der Waals surface area contributed by atoms with Crippen molar-refractivity contribution in [3.8, 4) is 0 Å². The molecule has 0 saturated carbocycles. The van der Waals surface area contributed by atoms with Gasteiger partial charge in [0.15, 0.2) is 0 Å². The van der Waals surface area contributed by atoms with Gasteiger partial charge in [-0.2, -0.15) is 11.8 Å². The highest BCUT2D eigenvalue weighted by Gasteiger charge is 2.17. The summed E-state index contributed by atoms with van der Waals surface area (Å²) in [5.41, 5.74) is 0.222. The number of carbonyl (C=O) groups is 1.